The zero-order chi connectivity index (χ0) is 19.4. The molecule has 138 valence electrons. The van der Waals surface area contributed by atoms with E-state index in [9.17, 15) is 5.26 Å². The number of benzene rings is 2. The van der Waals surface area contributed by atoms with Crippen LogP contribution in [0.15, 0.2) is 48.0 Å². The Balaban J connectivity index is 1.85. The van der Waals surface area contributed by atoms with Gasteiger partial charge < -0.3 is 10.1 Å². The maximum Gasteiger partial charge on any atom is 0.137 e. The van der Waals surface area contributed by atoms with Crippen molar-refractivity contribution in [3.8, 4) is 11.8 Å². The Kier molecular flexibility index (Phi) is 5.61. The number of aliphatic imine (C=N–C) groups is 1. The van der Waals surface area contributed by atoms with Crippen molar-refractivity contribution >= 4 is 11.5 Å². The number of hydrogen-bond donors (Lipinski definition) is 1. The summed E-state index contributed by atoms with van der Waals surface area (Å²) in [5, 5.41) is 12.8. The SMILES string of the molecule is C=C(NC(=NC)c1ccc(OC(C)C)c(C#N)c1)c1cccc2c1CCC2. The fourth-order valence-corrected chi connectivity index (χ4v) is 3.49. The number of amidine groups is 1. The van der Waals surface area contributed by atoms with Crippen molar-refractivity contribution in [2.75, 3.05) is 7.05 Å². The molecule has 2 aromatic rings. The number of nitriles is 1. The number of fused-ring (bicyclic) bond motifs is 1. The summed E-state index contributed by atoms with van der Waals surface area (Å²) in [6.07, 6.45) is 3.43. The Morgan fingerprint density at radius 1 is 1.26 bits per heavy atom. The van der Waals surface area contributed by atoms with E-state index in [2.05, 4.69) is 41.2 Å². The highest BCUT2D eigenvalue weighted by atomic mass is 16.5. The van der Waals surface area contributed by atoms with Crippen LogP contribution in [0, 0.1) is 11.3 Å². The van der Waals surface area contributed by atoms with Gasteiger partial charge in [0.2, 0.25) is 0 Å². The highest BCUT2D eigenvalue weighted by Crippen LogP contribution is 2.28. The molecule has 4 heteroatoms. The maximum atomic E-state index is 9.47. The predicted octanol–water partition coefficient (Wildman–Crippen LogP) is 4.47. The topological polar surface area (TPSA) is 57.4 Å². The molecule has 1 N–H and O–H groups in total. The van der Waals surface area contributed by atoms with Gasteiger partial charge in [-0.3, -0.25) is 4.99 Å². The van der Waals surface area contributed by atoms with Crippen LogP contribution in [0.2, 0.25) is 0 Å². The maximum absolute atomic E-state index is 9.47. The molecule has 27 heavy (non-hydrogen) atoms. The van der Waals surface area contributed by atoms with Gasteiger partial charge in [-0.1, -0.05) is 24.8 Å². The molecule has 0 saturated carbocycles. The van der Waals surface area contributed by atoms with Gasteiger partial charge in [0.05, 0.1) is 11.7 Å². The highest BCUT2D eigenvalue weighted by Gasteiger charge is 2.17. The Hall–Kier alpha value is -3.06. The van der Waals surface area contributed by atoms with Crippen LogP contribution in [0.1, 0.15) is 48.1 Å². The predicted molar refractivity (Wildman–Crippen MR) is 110 cm³/mol. The van der Waals surface area contributed by atoms with E-state index in [0.29, 0.717) is 17.1 Å². The van der Waals surface area contributed by atoms with Crippen molar-refractivity contribution in [3.05, 3.63) is 70.8 Å². The zero-order valence-electron chi connectivity index (χ0n) is 16.2. The van der Waals surface area contributed by atoms with Crippen LogP contribution in [0.25, 0.3) is 5.70 Å². The van der Waals surface area contributed by atoms with Crippen molar-refractivity contribution in [2.45, 2.75) is 39.2 Å². The smallest absolute Gasteiger partial charge is 0.137 e. The van der Waals surface area contributed by atoms with E-state index in [1.807, 2.05) is 26.0 Å². The van der Waals surface area contributed by atoms with Crippen LogP contribution in [-0.2, 0) is 12.8 Å². The van der Waals surface area contributed by atoms with Gasteiger partial charge in [-0.2, -0.15) is 5.26 Å². The zero-order valence-corrected chi connectivity index (χ0v) is 16.2. The average molecular weight is 359 g/mol. The van der Waals surface area contributed by atoms with Gasteiger partial charge in [0.25, 0.3) is 0 Å². The lowest BCUT2D eigenvalue weighted by Crippen LogP contribution is -2.23. The number of aryl methyl sites for hydroxylation is 1. The summed E-state index contributed by atoms with van der Waals surface area (Å²) >= 11 is 0. The lowest BCUT2D eigenvalue weighted by atomic mass is 10.0. The minimum atomic E-state index is 0.0142. The van der Waals surface area contributed by atoms with E-state index in [1.165, 1.54) is 17.5 Å². The molecule has 0 spiro atoms. The molecule has 0 fully saturated rings. The molecule has 0 aliphatic heterocycles. The lowest BCUT2D eigenvalue weighted by molar-refractivity contribution is 0.241. The summed E-state index contributed by atoms with van der Waals surface area (Å²) in [4.78, 5) is 4.38. The third kappa shape index (κ3) is 4.03. The molecule has 0 radical (unpaired) electrons. The summed E-state index contributed by atoms with van der Waals surface area (Å²) in [6, 6.07) is 14.1. The van der Waals surface area contributed by atoms with Crippen molar-refractivity contribution in [1.82, 2.24) is 5.32 Å². The molecule has 3 rings (SSSR count). The normalized spacial score (nSPS) is 13.2. The minimum Gasteiger partial charge on any atom is -0.490 e. The average Bonchev–Trinajstić information content (AvgIpc) is 3.14. The van der Waals surface area contributed by atoms with Crippen molar-refractivity contribution in [3.63, 3.8) is 0 Å². The third-order valence-electron chi connectivity index (χ3n) is 4.70. The first-order valence-corrected chi connectivity index (χ1v) is 9.28. The number of ether oxygens (including phenoxy) is 1. The monoisotopic (exact) mass is 359 g/mol. The summed E-state index contributed by atoms with van der Waals surface area (Å²) < 4.78 is 5.71. The molecule has 1 aliphatic rings. The molecular formula is C23H25N3O. The largest absolute Gasteiger partial charge is 0.490 e. The molecule has 0 atom stereocenters. The first-order valence-electron chi connectivity index (χ1n) is 9.28. The van der Waals surface area contributed by atoms with Crippen LogP contribution in [-0.4, -0.2) is 19.0 Å². The quantitative estimate of drug-likeness (QED) is 0.633. The number of hydrogen-bond acceptors (Lipinski definition) is 3. The summed E-state index contributed by atoms with van der Waals surface area (Å²) in [6.45, 7) is 8.12. The number of rotatable bonds is 5. The Bertz CT molecular complexity index is 935. The fourth-order valence-electron chi connectivity index (χ4n) is 3.49. The van der Waals surface area contributed by atoms with Crippen LogP contribution in [0.4, 0.5) is 0 Å². The van der Waals surface area contributed by atoms with Gasteiger partial charge in [0, 0.05) is 23.9 Å². The molecule has 0 heterocycles. The van der Waals surface area contributed by atoms with E-state index in [0.717, 1.165) is 29.7 Å². The summed E-state index contributed by atoms with van der Waals surface area (Å²) in [5.74, 6) is 1.27. The Morgan fingerprint density at radius 2 is 2.07 bits per heavy atom. The van der Waals surface area contributed by atoms with E-state index in [1.54, 1.807) is 13.1 Å². The first-order chi connectivity index (χ1) is 13.0. The Morgan fingerprint density at radius 3 is 2.78 bits per heavy atom. The number of nitrogens with zero attached hydrogens (tertiary/aromatic N) is 2. The van der Waals surface area contributed by atoms with E-state index < -0.39 is 0 Å². The molecule has 0 unspecified atom stereocenters. The van der Waals surface area contributed by atoms with Crippen molar-refractivity contribution < 1.29 is 4.74 Å². The first kappa shape index (κ1) is 18.7. The minimum absolute atomic E-state index is 0.0142. The molecule has 0 aromatic heterocycles. The molecule has 0 saturated heterocycles. The highest BCUT2D eigenvalue weighted by molar-refractivity contribution is 6.03. The summed E-state index contributed by atoms with van der Waals surface area (Å²) in [7, 11) is 1.73. The molecule has 0 amide bonds. The number of nitrogens with one attached hydrogen (secondary N) is 1. The van der Waals surface area contributed by atoms with E-state index in [4.69, 9.17) is 4.74 Å². The van der Waals surface area contributed by atoms with Crippen LogP contribution in [0.5, 0.6) is 5.75 Å². The van der Waals surface area contributed by atoms with Crippen molar-refractivity contribution in [2.24, 2.45) is 4.99 Å². The second kappa shape index (κ2) is 8.09. The lowest BCUT2D eigenvalue weighted by Gasteiger charge is -2.17. The Labute approximate surface area is 161 Å². The van der Waals surface area contributed by atoms with E-state index >= 15 is 0 Å². The van der Waals surface area contributed by atoms with E-state index in [-0.39, 0.29) is 6.10 Å². The van der Waals surface area contributed by atoms with Gasteiger partial charge in [-0.05, 0) is 62.4 Å². The summed E-state index contributed by atoms with van der Waals surface area (Å²) in [5.41, 5.74) is 6.09. The van der Waals surface area contributed by atoms with Gasteiger partial charge in [-0.15, -0.1) is 0 Å². The van der Waals surface area contributed by atoms with Gasteiger partial charge in [-0.25, -0.2) is 0 Å². The van der Waals surface area contributed by atoms with Crippen LogP contribution >= 0.6 is 0 Å². The molecule has 4 nitrogen and oxygen atoms in total. The second-order valence-corrected chi connectivity index (χ2v) is 6.96. The fraction of sp³-hybridized carbons (Fsp3) is 0.304. The van der Waals surface area contributed by atoms with Crippen LogP contribution in [0.3, 0.4) is 0 Å². The second-order valence-electron chi connectivity index (χ2n) is 6.96. The van der Waals surface area contributed by atoms with Gasteiger partial charge in [0.15, 0.2) is 0 Å². The molecule has 2 aromatic carbocycles. The van der Waals surface area contributed by atoms with Gasteiger partial charge >= 0.3 is 0 Å². The van der Waals surface area contributed by atoms with Crippen LogP contribution < -0.4 is 10.1 Å². The standard InChI is InChI=1S/C23H25N3O/c1-15(2)27-22-12-11-18(13-19(22)14-24)23(25-4)26-16(3)20-9-5-7-17-8-6-10-21(17)20/h5,7,9,11-13,15H,3,6,8,10H2,1-2,4H3,(H,25,26). The van der Waals surface area contributed by atoms with Crippen molar-refractivity contribution in [1.29, 1.82) is 5.26 Å². The van der Waals surface area contributed by atoms with Gasteiger partial charge in [0.1, 0.15) is 17.7 Å². The molecular weight excluding hydrogens is 334 g/mol. The molecule has 0 bridgehead atoms. The third-order valence-corrected chi connectivity index (χ3v) is 4.70. The molecule has 1 aliphatic carbocycles.